The smallest absolute Gasteiger partial charge is 0.239 e. The van der Waals surface area contributed by atoms with Crippen LogP contribution in [0, 0.1) is 0 Å². The van der Waals surface area contributed by atoms with Gasteiger partial charge in [0, 0.05) is 24.7 Å². The summed E-state index contributed by atoms with van der Waals surface area (Å²) in [6.45, 7) is 6.05. The summed E-state index contributed by atoms with van der Waals surface area (Å²) in [5.74, 6) is 0.469. The molecule has 0 spiro atoms. The number of carbonyl (C=O) groups is 1. The van der Waals surface area contributed by atoms with Gasteiger partial charge in [-0.05, 0) is 24.6 Å². The van der Waals surface area contributed by atoms with E-state index in [1.807, 2.05) is 12.1 Å². The van der Waals surface area contributed by atoms with Crippen LogP contribution in [0.1, 0.15) is 17.9 Å². The number of hydrogen-bond acceptors (Lipinski definition) is 3. The Morgan fingerprint density at radius 3 is 3.05 bits per heavy atom. The van der Waals surface area contributed by atoms with Crippen LogP contribution in [-0.4, -0.2) is 32.1 Å². The van der Waals surface area contributed by atoms with E-state index in [0.29, 0.717) is 25.6 Å². The molecule has 0 aromatic heterocycles. The van der Waals surface area contributed by atoms with Crippen molar-refractivity contribution in [1.29, 1.82) is 0 Å². The van der Waals surface area contributed by atoms with Gasteiger partial charge in [0.1, 0.15) is 0 Å². The summed E-state index contributed by atoms with van der Waals surface area (Å²) in [6, 6.07) is 8.27. The van der Waals surface area contributed by atoms with Gasteiger partial charge in [-0.3, -0.25) is 4.79 Å². The van der Waals surface area contributed by atoms with Crippen molar-refractivity contribution in [2.75, 3.05) is 31.1 Å². The van der Waals surface area contributed by atoms with E-state index in [1.165, 1.54) is 5.56 Å². The van der Waals surface area contributed by atoms with Crippen LogP contribution in [0.5, 0.6) is 0 Å². The van der Waals surface area contributed by atoms with Crippen LogP contribution in [0.25, 0.3) is 0 Å². The number of benzene rings is 1. The lowest BCUT2D eigenvalue weighted by Crippen LogP contribution is -2.36. The van der Waals surface area contributed by atoms with Crippen molar-refractivity contribution in [3.63, 3.8) is 0 Å². The molecule has 0 radical (unpaired) electrons. The van der Waals surface area contributed by atoms with Crippen molar-refractivity contribution in [2.24, 2.45) is 5.73 Å². The predicted octanol–water partition coefficient (Wildman–Crippen LogP) is 1.24. The normalized spacial score (nSPS) is 17.1. The number of carbonyl (C=O) groups excluding carboxylic acids is 1. The van der Waals surface area contributed by atoms with Crippen molar-refractivity contribution in [3.8, 4) is 0 Å². The molecule has 2 rings (SSSR count). The summed E-state index contributed by atoms with van der Waals surface area (Å²) < 4.78 is 0. The van der Waals surface area contributed by atoms with E-state index in [-0.39, 0.29) is 5.91 Å². The second-order valence-electron chi connectivity index (χ2n) is 4.81. The molecule has 102 valence electrons. The van der Waals surface area contributed by atoms with Crippen LogP contribution < -0.4 is 16.0 Å². The van der Waals surface area contributed by atoms with Gasteiger partial charge >= 0.3 is 0 Å². The van der Waals surface area contributed by atoms with E-state index < -0.39 is 0 Å². The van der Waals surface area contributed by atoms with Gasteiger partial charge in [-0.2, -0.15) is 0 Å². The van der Waals surface area contributed by atoms with E-state index in [0.717, 1.165) is 18.7 Å². The number of nitrogens with two attached hydrogens (primary N) is 1. The maximum Gasteiger partial charge on any atom is 0.239 e. The van der Waals surface area contributed by atoms with Crippen molar-refractivity contribution < 1.29 is 4.79 Å². The van der Waals surface area contributed by atoms with E-state index in [1.54, 1.807) is 6.08 Å². The molecule has 1 heterocycles. The molecular weight excluding hydrogens is 238 g/mol. The second kappa shape index (κ2) is 6.38. The van der Waals surface area contributed by atoms with Crippen molar-refractivity contribution in [1.82, 2.24) is 5.32 Å². The van der Waals surface area contributed by atoms with Crippen LogP contribution in [0.4, 0.5) is 5.69 Å². The third kappa shape index (κ3) is 3.15. The van der Waals surface area contributed by atoms with Gasteiger partial charge in [-0.1, -0.05) is 24.3 Å². The average Bonchev–Trinajstić information content (AvgIpc) is 2.76. The number of hydrogen-bond donors (Lipinski definition) is 2. The summed E-state index contributed by atoms with van der Waals surface area (Å²) in [5.41, 5.74) is 8.14. The number of para-hydroxylation sites is 1. The third-order valence-electron chi connectivity index (χ3n) is 3.45. The highest BCUT2D eigenvalue weighted by Crippen LogP contribution is 2.37. The van der Waals surface area contributed by atoms with Gasteiger partial charge in [0.2, 0.25) is 5.91 Å². The Hall–Kier alpha value is -1.81. The SMILES string of the molecule is C=CCNC(=O)CN1CC(CCN)c2ccccc21. The minimum Gasteiger partial charge on any atom is -0.361 e. The average molecular weight is 259 g/mol. The minimum atomic E-state index is 0.0306. The maximum absolute atomic E-state index is 11.8. The monoisotopic (exact) mass is 259 g/mol. The highest BCUT2D eigenvalue weighted by Gasteiger charge is 2.28. The molecule has 1 amide bonds. The lowest BCUT2D eigenvalue weighted by Gasteiger charge is -2.19. The number of amides is 1. The van der Waals surface area contributed by atoms with Gasteiger partial charge < -0.3 is 16.0 Å². The molecule has 0 fully saturated rings. The molecule has 4 heteroatoms. The first-order valence-electron chi connectivity index (χ1n) is 6.67. The van der Waals surface area contributed by atoms with Crippen LogP contribution in [0.15, 0.2) is 36.9 Å². The zero-order valence-corrected chi connectivity index (χ0v) is 11.1. The van der Waals surface area contributed by atoms with E-state index in [9.17, 15) is 4.79 Å². The summed E-state index contributed by atoms with van der Waals surface area (Å²) in [6.07, 6.45) is 2.65. The Balaban J connectivity index is 2.07. The molecule has 1 aromatic rings. The first-order chi connectivity index (χ1) is 9.26. The lowest BCUT2D eigenvalue weighted by atomic mass is 9.98. The van der Waals surface area contributed by atoms with Crippen LogP contribution >= 0.6 is 0 Å². The van der Waals surface area contributed by atoms with Crippen molar-refractivity contribution in [2.45, 2.75) is 12.3 Å². The Labute approximate surface area is 114 Å². The Kier molecular flexibility index (Phi) is 4.58. The first kappa shape index (κ1) is 13.6. The number of anilines is 1. The summed E-state index contributed by atoms with van der Waals surface area (Å²) >= 11 is 0. The second-order valence-corrected chi connectivity index (χ2v) is 4.81. The van der Waals surface area contributed by atoms with E-state index in [2.05, 4.69) is 28.9 Å². The van der Waals surface area contributed by atoms with Gasteiger partial charge in [0.25, 0.3) is 0 Å². The number of nitrogens with zero attached hydrogens (tertiary/aromatic N) is 1. The molecule has 1 aliphatic rings. The third-order valence-corrected chi connectivity index (χ3v) is 3.45. The van der Waals surface area contributed by atoms with Crippen LogP contribution in [0.3, 0.4) is 0 Å². The fourth-order valence-corrected chi connectivity index (χ4v) is 2.60. The maximum atomic E-state index is 11.8. The van der Waals surface area contributed by atoms with Gasteiger partial charge in [-0.15, -0.1) is 6.58 Å². The number of fused-ring (bicyclic) bond motifs is 1. The summed E-state index contributed by atoms with van der Waals surface area (Å²) in [4.78, 5) is 13.9. The zero-order chi connectivity index (χ0) is 13.7. The summed E-state index contributed by atoms with van der Waals surface area (Å²) in [5, 5.41) is 2.81. The van der Waals surface area contributed by atoms with E-state index in [4.69, 9.17) is 5.73 Å². The Bertz CT molecular complexity index is 458. The highest BCUT2D eigenvalue weighted by molar-refractivity contribution is 5.82. The zero-order valence-electron chi connectivity index (χ0n) is 11.1. The molecule has 0 aliphatic carbocycles. The molecule has 0 bridgehead atoms. The fourth-order valence-electron chi connectivity index (χ4n) is 2.60. The highest BCUT2D eigenvalue weighted by atomic mass is 16.2. The standard InChI is InChI=1S/C15H21N3O/c1-2-9-17-15(19)11-18-10-12(7-8-16)13-5-3-4-6-14(13)18/h2-6,12H,1,7-11,16H2,(H,17,19). The van der Waals surface area contributed by atoms with Gasteiger partial charge in [0.05, 0.1) is 6.54 Å². The fraction of sp³-hybridized carbons (Fsp3) is 0.400. The van der Waals surface area contributed by atoms with Crippen molar-refractivity contribution in [3.05, 3.63) is 42.5 Å². The lowest BCUT2D eigenvalue weighted by molar-refractivity contribution is -0.119. The molecule has 0 saturated carbocycles. The quantitative estimate of drug-likeness (QED) is 0.756. The van der Waals surface area contributed by atoms with Crippen LogP contribution in [-0.2, 0) is 4.79 Å². The Morgan fingerprint density at radius 2 is 2.32 bits per heavy atom. The molecule has 1 aromatic carbocycles. The largest absolute Gasteiger partial charge is 0.361 e. The molecule has 1 aliphatic heterocycles. The van der Waals surface area contributed by atoms with Gasteiger partial charge in [0.15, 0.2) is 0 Å². The number of nitrogens with one attached hydrogen (secondary N) is 1. The molecule has 4 nitrogen and oxygen atoms in total. The van der Waals surface area contributed by atoms with Gasteiger partial charge in [-0.25, -0.2) is 0 Å². The molecule has 1 unspecified atom stereocenters. The minimum absolute atomic E-state index is 0.0306. The number of rotatable bonds is 6. The molecule has 1 atom stereocenters. The van der Waals surface area contributed by atoms with E-state index >= 15 is 0 Å². The molecular formula is C15H21N3O. The molecule has 3 N–H and O–H groups in total. The van der Waals surface area contributed by atoms with Crippen LogP contribution in [0.2, 0.25) is 0 Å². The molecule has 0 saturated heterocycles. The van der Waals surface area contributed by atoms with Crippen molar-refractivity contribution >= 4 is 11.6 Å². The topological polar surface area (TPSA) is 58.4 Å². The Morgan fingerprint density at radius 1 is 1.53 bits per heavy atom. The summed E-state index contributed by atoms with van der Waals surface area (Å²) in [7, 11) is 0. The first-order valence-corrected chi connectivity index (χ1v) is 6.67. The predicted molar refractivity (Wildman–Crippen MR) is 78.3 cm³/mol. The molecule has 19 heavy (non-hydrogen) atoms.